The van der Waals surface area contributed by atoms with Gasteiger partial charge in [-0.05, 0) is 48.4 Å². The summed E-state index contributed by atoms with van der Waals surface area (Å²) in [4.78, 5) is 1.66. The van der Waals surface area contributed by atoms with Crippen molar-refractivity contribution in [1.82, 2.24) is 5.32 Å². The molecule has 0 saturated carbocycles. The predicted octanol–water partition coefficient (Wildman–Crippen LogP) is 5.38. The van der Waals surface area contributed by atoms with E-state index in [1.807, 2.05) is 30.3 Å². The summed E-state index contributed by atoms with van der Waals surface area (Å²) >= 11 is 7.32. The van der Waals surface area contributed by atoms with Crippen LogP contribution in [0.3, 0.4) is 0 Å². The summed E-state index contributed by atoms with van der Waals surface area (Å²) in [6, 6.07) is 12.7. The van der Waals surface area contributed by atoms with Gasteiger partial charge >= 0.3 is 0 Å². The number of halogens is 2. The molecule has 0 radical (unpaired) electrons. The second-order valence-corrected chi connectivity index (χ2v) is 6.83. The van der Waals surface area contributed by atoms with Crippen molar-refractivity contribution in [1.29, 1.82) is 0 Å². The molecule has 0 bridgehead atoms. The van der Waals surface area contributed by atoms with Crippen molar-refractivity contribution in [3.05, 3.63) is 58.9 Å². The van der Waals surface area contributed by atoms with Crippen molar-refractivity contribution < 1.29 is 4.39 Å². The molecule has 1 nitrogen and oxygen atoms in total. The van der Waals surface area contributed by atoms with Crippen molar-refractivity contribution >= 4 is 23.4 Å². The minimum atomic E-state index is -0.182. The van der Waals surface area contributed by atoms with Gasteiger partial charge in [0.2, 0.25) is 0 Å². The van der Waals surface area contributed by atoms with E-state index in [1.165, 1.54) is 17.8 Å². The van der Waals surface area contributed by atoms with Crippen LogP contribution in [-0.2, 0) is 6.54 Å². The van der Waals surface area contributed by atoms with E-state index in [2.05, 4.69) is 19.2 Å². The zero-order valence-corrected chi connectivity index (χ0v) is 13.8. The van der Waals surface area contributed by atoms with E-state index >= 15 is 0 Å². The molecule has 0 heterocycles. The van der Waals surface area contributed by atoms with Gasteiger partial charge in [-0.15, -0.1) is 0 Å². The highest BCUT2D eigenvalue weighted by Crippen LogP contribution is 2.33. The third-order valence-electron chi connectivity index (χ3n) is 2.95. The molecule has 0 spiro atoms. The second-order valence-electron chi connectivity index (χ2n) is 5.31. The normalized spacial score (nSPS) is 11.1. The molecule has 0 atom stereocenters. The molecule has 0 amide bonds. The van der Waals surface area contributed by atoms with Gasteiger partial charge in [0.1, 0.15) is 5.82 Å². The fourth-order valence-electron chi connectivity index (χ4n) is 1.92. The predicted molar refractivity (Wildman–Crippen MR) is 88.5 cm³/mol. The number of hydrogen-bond donors (Lipinski definition) is 1. The molecule has 0 fully saturated rings. The molecule has 112 valence electrons. The van der Waals surface area contributed by atoms with Gasteiger partial charge in [0.05, 0.1) is 4.90 Å². The Morgan fingerprint density at radius 2 is 1.86 bits per heavy atom. The van der Waals surface area contributed by atoms with Crippen LogP contribution in [0.25, 0.3) is 0 Å². The molecule has 2 aromatic rings. The van der Waals surface area contributed by atoms with E-state index in [0.717, 1.165) is 17.0 Å². The summed E-state index contributed by atoms with van der Waals surface area (Å²) in [7, 11) is 0. The van der Waals surface area contributed by atoms with Crippen LogP contribution in [-0.4, -0.2) is 6.54 Å². The van der Waals surface area contributed by atoms with Gasteiger partial charge in [0, 0.05) is 16.5 Å². The topological polar surface area (TPSA) is 12.0 Å². The summed E-state index contributed by atoms with van der Waals surface area (Å²) in [6.07, 6.45) is 0. The summed E-state index contributed by atoms with van der Waals surface area (Å²) in [5, 5.41) is 4.05. The first-order chi connectivity index (χ1) is 10.1. The Bertz CT molecular complexity index is 584. The molecule has 0 unspecified atom stereocenters. The first-order valence-corrected chi connectivity index (χ1v) is 8.17. The van der Waals surface area contributed by atoms with Gasteiger partial charge in [0.15, 0.2) is 0 Å². The number of nitrogens with one attached hydrogen (secondary N) is 1. The maximum absolute atomic E-state index is 14.1. The van der Waals surface area contributed by atoms with Gasteiger partial charge in [-0.3, -0.25) is 0 Å². The Morgan fingerprint density at radius 3 is 2.52 bits per heavy atom. The molecule has 21 heavy (non-hydrogen) atoms. The van der Waals surface area contributed by atoms with Crippen LogP contribution in [0.2, 0.25) is 5.02 Å². The third kappa shape index (κ3) is 5.03. The van der Waals surface area contributed by atoms with Crippen LogP contribution in [0.1, 0.15) is 19.4 Å². The second kappa shape index (κ2) is 7.83. The Hall–Kier alpha value is -1.03. The van der Waals surface area contributed by atoms with Gasteiger partial charge in [0.25, 0.3) is 0 Å². The maximum Gasteiger partial charge on any atom is 0.137 e. The minimum absolute atomic E-state index is 0.182. The summed E-state index contributed by atoms with van der Waals surface area (Å²) in [5.41, 5.74) is 0.982. The molecular formula is C17H19ClFNS. The van der Waals surface area contributed by atoms with E-state index in [1.54, 1.807) is 6.07 Å². The van der Waals surface area contributed by atoms with E-state index in [9.17, 15) is 4.39 Å². The van der Waals surface area contributed by atoms with Crippen molar-refractivity contribution in [3.8, 4) is 0 Å². The van der Waals surface area contributed by atoms with Crippen LogP contribution >= 0.6 is 23.4 Å². The average Bonchev–Trinajstić information content (AvgIpc) is 2.44. The van der Waals surface area contributed by atoms with E-state index in [-0.39, 0.29) is 5.82 Å². The SMILES string of the molecule is CC(C)CNCc1cccc(F)c1Sc1ccc(Cl)cc1. The molecular weight excluding hydrogens is 305 g/mol. The van der Waals surface area contributed by atoms with Gasteiger partial charge in [-0.2, -0.15) is 0 Å². The number of benzene rings is 2. The van der Waals surface area contributed by atoms with Crippen LogP contribution < -0.4 is 5.32 Å². The van der Waals surface area contributed by atoms with Gasteiger partial charge in [-0.25, -0.2) is 4.39 Å². The lowest BCUT2D eigenvalue weighted by atomic mass is 10.2. The van der Waals surface area contributed by atoms with E-state index in [4.69, 9.17) is 11.6 Å². The summed E-state index contributed by atoms with van der Waals surface area (Å²) < 4.78 is 14.1. The molecule has 0 aliphatic carbocycles. The number of rotatable bonds is 6. The Labute approximate surface area is 134 Å². The lowest BCUT2D eigenvalue weighted by molar-refractivity contribution is 0.543. The zero-order valence-electron chi connectivity index (χ0n) is 12.2. The highest BCUT2D eigenvalue weighted by molar-refractivity contribution is 7.99. The van der Waals surface area contributed by atoms with Gasteiger partial charge in [-0.1, -0.05) is 49.3 Å². The lowest BCUT2D eigenvalue weighted by Crippen LogP contribution is -2.19. The molecule has 0 aliphatic rings. The third-order valence-corrected chi connectivity index (χ3v) is 4.37. The quantitative estimate of drug-likeness (QED) is 0.766. The molecule has 1 N–H and O–H groups in total. The fraction of sp³-hybridized carbons (Fsp3) is 0.294. The van der Waals surface area contributed by atoms with Crippen LogP contribution in [0, 0.1) is 11.7 Å². The smallest absolute Gasteiger partial charge is 0.137 e. The first kappa shape index (κ1) is 16.3. The standard InChI is InChI=1S/C17H19ClFNS/c1-12(2)10-20-11-13-4-3-5-16(19)17(13)21-15-8-6-14(18)7-9-15/h3-9,12,20H,10-11H2,1-2H3. The van der Waals surface area contributed by atoms with Crippen LogP contribution in [0.4, 0.5) is 4.39 Å². The average molecular weight is 324 g/mol. The largest absolute Gasteiger partial charge is 0.312 e. The molecule has 2 rings (SSSR count). The van der Waals surface area contributed by atoms with Crippen molar-refractivity contribution in [2.75, 3.05) is 6.54 Å². The summed E-state index contributed by atoms with van der Waals surface area (Å²) in [5.74, 6) is 0.393. The summed E-state index contributed by atoms with van der Waals surface area (Å²) in [6.45, 7) is 5.90. The first-order valence-electron chi connectivity index (χ1n) is 6.98. The number of hydrogen-bond acceptors (Lipinski definition) is 2. The minimum Gasteiger partial charge on any atom is -0.312 e. The Balaban J connectivity index is 2.15. The van der Waals surface area contributed by atoms with Gasteiger partial charge < -0.3 is 5.32 Å². The maximum atomic E-state index is 14.1. The van der Waals surface area contributed by atoms with E-state index < -0.39 is 0 Å². The monoisotopic (exact) mass is 323 g/mol. The van der Waals surface area contributed by atoms with Crippen LogP contribution in [0.5, 0.6) is 0 Å². The Kier molecular flexibility index (Phi) is 6.09. The van der Waals surface area contributed by atoms with Crippen molar-refractivity contribution in [2.45, 2.75) is 30.2 Å². The molecule has 2 aromatic carbocycles. The molecule has 0 aliphatic heterocycles. The van der Waals surface area contributed by atoms with E-state index in [0.29, 0.717) is 22.4 Å². The highest BCUT2D eigenvalue weighted by atomic mass is 35.5. The highest BCUT2D eigenvalue weighted by Gasteiger charge is 2.10. The molecule has 4 heteroatoms. The van der Waals surface area contributed by atoms with Crippen LogP contribution in [0.15, 0.2) is 52.3 Å². The fourth-order valence-corrected chi connectivity index (χ4v) is 2.99. The Morgan fingerprint density at radius 1 is 1.14 bits per heavy atom. The van der Waals surface area contributed by atoms with Crippen molar-refractivity contribution in [2.24, 2.45) is 5.92 Å². The zero-order chi connectivity index (χ0) is 15.2. The lowest BCUT2D eigenvalue weighted by Gasteiger charge is -2.12. The van der Waals surface area contributed by atoms with Crippen molar-refractivity contribution in [3.63, 3.8) is 0 Å². The molecule has 0 saturated heterocycles. The molecule has 0 aromatic heterocycles.